The van der Waals surface area contributed by atoms with E-state index in [0.29, 0.717) is 5.69 Å². The van der Waals surface area contributed by atoms with Gasteiger partial charge in [0.2, 0.25) is 0 Å². The van der Waals surface area contributed by atoms with Crippen molar-refractivity contribution in [2.75, 3.05) is 5.73 Å². The van der Waals surface area contributed by atoms with Gasteiger partial charge in [-0.25, -0.2) is 0 Å². The van der Waals surface area contributed by atoms with Crippen molar-refractivity contribution >= 4 is 5.69 Å². The summed E-state index contributed by atoms with van der Waals surface area (Å²) in [6.45, 7) is 6.16. The normalized spacial score (nSPS) is 9.53. The number of nitrogen functional groups attached to an aromatic ring is 1. The third kappa shape index (κ3) is 4.25. The molecule has 0 saturated carbocycles. The van der Waals surface area contributed by atoms with Crippen LogP contribution in [0, 0.1) is 29.1 Å². The van der Waals surface area contributed by atoms with Gasteiger partial charge in [-0.3, -0.25) is 0 Å². The molecule has 0 amide bonds. The van der Waals surface area contributed by atoms with E-state index in [9.17, 15) is 0 Å². The van der Waals surface area contributed by atoms with Crippen LogP contribution in [0.4, 0.5) is 5.69 Å². The summed E-state index contributed by atoms with van der Waals surface area (Å²) < 4.78 is 0. The predicted octanol–water partition coefficient (Wildman–Crippen LogP) is 2.67. The Balaban J connectivity index is 2.83. The molecule has 1 nitrogen and oxygen atoms in total. The summed E-state index contributed by atoms with van der Waals surface area (Å²) in [5.74, 6) is 11.6. The molecule has 1 rings (SSSR count). The predicted molar refractivity (Wildman–Crippen MR) is 65.0 cm³/mol. The van der Waals surface area contributed by atoms with E-state index in [1.165, 1.54) is 0 Å². The summed E-state index contributed by atoms with van der Waals surface area (Å²) in [6, 6.07) is 7.53. The molecule has 0 aromatic heterocycles. The largest absolute Gasteiger partial charge is 0.398 e. The smallest absolute Gasteiger partial charge is 0.0485 e. The van der Waals surface area contributed by atoms with Crippen molar-refractivity contribution in [1.82, 2.24) is 0 Å². The van der Waals surface area contributed by atoms with Crippen LogP contribution in [-0.2, 0) is 0 Å². The van der Waals surface area contributed by atoms with Crippen LogP contribution in [0.3, 0.4) is 0 Å². The van der Waals surface area contributed by atoms with Gasteiger partial charge in [0.05, 0.1) is 0 Å². The van der Waals surface area contributed by atoms with Crippen molar-refractivity contribution in [1.29, 1.82) is 0 Å². The summed E-state index contributed by atoms with van der Waals surface area (Å²) in [4.78, 5) is 0. The van der Waals surface area contributed by atoms with Crippen LogP contribution in [0.2, 0.25) is 0 Å². The maximum atomic E-state index is 5.74. The summed E-state index contributed by atoms with van der Waals surface area (Å²) in [5.41, 5.74) is 7.27. The van der Waals surface area contributed by atoms with Gasteiger partial charge in [0.1, 0.15) is 0 Å². The van der Waals surface area contributed by atoms with Gasteiger partial charge in [0.25, 0.3) is 0 Å². The molecule has 2 N–H and O–H groups in total. The molecule has 0 aliphatic carbocycles. The highest BCUT2D eigenvalue weighted by atomic mass is 14.5. The van der Waals surface area contributed by atoms with Gasteiger partial charge in [-0.05, 0) is 44.7 Å². The molecule has 0 fully saturated rings. The van der Waals surface area contributed by atoms with Gasteiger partial charge in [0.15, 0.2) is 0 Å². The fraction of sp³-hybridized carbons (Fsp3) is 0.286. The van der Waals surface area contributed by atoms with Crippen LogP contribution >= 0.6 is 0 Å². The average molecular weight is 197 g/mol. The number of para-hydroxylation sites is 1. The first kappa shape index (κ1) is 11.2. The van der Waals surface area contributed by atoms with Gasteiger partial charge in [0, 0.05) is 16.7 Å². The number of rotatable bonds is 0. The lowest BCUT2D eigenvalue weighted by atomic mass is 9.98. The monoisotopic (exact) mass is 197 g/mol. The lowest BCUT2D eigenvalue weighted by Crippen LogP contribution is -1.98. The average Bonchev–Trinajstić information content (AvgIpc) is 2.13. The second-order valence-corrected chi connectivity index (χ2v) is 4.34. The van der Waals surface area contributed by atoms with Crippen molar-refractivity contribution in [3.05, 3.63) is 29.8 Å². The number of nitrogens with two attached hydrogens (primary N) is 1. The third-order valence-electron chi connectivity index (χ3n) is 1.66. The molecule has 0 spiro atoms. The molecule has 1 aromatic rings. The number of benzene rings is 1. The Labute approximate surface area is 91.7 Å². The van der Waals surface area contributed by atoms with Gasteiger partial charge in [-0.15, -0.1) is 0 Å². The molecule has 0 saturated heterocycles. The molecule has 0 radical (unpaired) electrons. The zero-order chi connectivity index (χ0) is 11.3. The highest BCUT2D eigenvalue weighted by Gasteiger charge is 2.02. The fourth-order valence-corrected chi connectivity index (χ4v) is 0.928. The summed E-state index contributed by atoms with van der Waals surface area (Å²) in [6.07, 6.45) is 0. The summed E-state index contributed by atoms with van der Waals surface area (Å²) >= 11 is 0. The van der Waals surface area contributed by atoms with E-state index >= 15 is 0 Å². The van der Waals surface area contributed by atoms with E-state index in [4.69, 9.17) is 5.73 Å². The minimum Gasteiger partial charge on any atom is -0.398 e. The molecule has 15 heavy (non-hydrogen) atoms. The van der Waals surface area contributed by atoms with Crippen molar-refractivity contribution in [2.24, 2.45) is 5.41 Å². The van der Waals surface area contributed by atoms with E-state index in [-0.39, 0.29) is 5.41 Å². The van der Waals surface area contributed by atoms with Crippen molar-refractivity contribution in [2.45, 2.75) is 20.8 Å². The highest BCUT2D eigenvalue weighted by molar-refractivity contribution is 5.56. The second kappa shape index (κ2) is 4.58. The standard InChI is InChI=1S/C14H15N/c1-14(2,3)11-7-6-9-12-8-4-5-10-13(12)15/h4-5,8,10H,15H2,1-3H3. The molecule has 0 unspecified atom stereocenters. The molecule has 1 aromatic carbocycles. The first-order valence-corrected chi connectivity index (χ1v) is 4.87. The third-order valence-corrected chi connectivity index (χ3v) is 1.66. The molecule has 0 heterocycles. The Bertz CT molecular complexity index is 456. The van der Waals surface area contributed by atoms with Crippen molar-refractivity contribution in [3.63, 3.8) is 0 Å². The SMILES string of the molecule is CC(C)(C)C#CC#Cc1ccccc1N. The first-order chi connectivity index (χ1) is 6.99. The lowest BCUT2D eigenvalue weighted by molar-refractivity contribution is 0.571. The maximum Gasteiger partial charge on any atom is 0.0485 e. The minimum atomic E-state index is -0.00306. The van der Waals surface area contributed by atoms with Crippen molar-refractivity contribution in [3.8, 4) is 23.7 Å². The van der Waals surface area contributed by atoms with Crippen LogP contribution in [0.15, 0.2) is 24.3 Å². The number of hydrogen-bond donors (Lipinski definition) is 1. The molecule has 0 atom stereocenters. The fourth-order valence-electron chi connectivity index (χ4n) is 0.928. The molecule has 1 heteroatoms. The second-order valence-electron chi connectivity index (χ2n) is 4.34. The summed E-state index contributed by atoms with van der Waals surface area (Å²) in [7, 11) is 0. The van der Waals surface area contributed by atoms with Crippen LogP contribution in [0.25, 0.3) is 0 Å². The Morgan fingerprint density at radius 1 is 1.07 bits per heavy atom. The highest BCUT2D eigenvalue weighted by Crippen LogP contribution is 2.10. The van der Waals surface area contributed by atoms with Crippen LogP contribution < -0.4 is 5.73 Å². The Morgan fingerprint density at radius 2 is 1.73 bits per heavy atom. The Kier molecular flexibility index (Phi) is 3.42. The van der Waals surface area contributed by atoms with Gasteiger partial charge < -0.3 is 5.73 Å². The Morgan fingerprint density at radius 3 is 2.33 bits per heavy atom. The molecule has 0 aliphatic rings. The summed E-state index contributed by atoms with van der Waals surface area (Å²) in [5, 5.41) is 0. The topological polar surface area (TPSA) is 26.0 Å². The van der Waals surface area contributed by atoms with E-state index in [1.54, 1.807) is 0 Å². The van der Waals surface area contributed by atoms with E-state index in [0.717, 1.165) is 5.56 Å². The number of hydrogen-bond acceptors (Lipinski definition) is 1. The molecular formula is C14H15N. The molecule has 0 aliphatic heterocycles. The molecular weight excluding hydrogens is 182 g/mol. The van der Waals surface area contributed by atoms with E-state index < -0.39 is 0 Å². The van der Waals surface area contributed by atoms with Gasteiger partial charge in [-0.1, -0.05) is 24.0 Å². The van der Waals surface area contributed by atoms with Gasteiger partial charge in [-0.2, -0.15) is 0 Å². The maximum absolute atomic E-state index is 5.74. The van der Waals surface area contributed by atoms with Crippen molar-refractivity contribution < 1.29 is 0 Å². The minimum absolute atomic E-state index is 0.00306. The molecule has 0 bridgehead atoms. The molecule has 76 valence electrons. The van der Waals surface area contributed by atoms with Crippen LogP contribution in [0.1, 0.15) is 26.3 Å². The van der Waals surface area contributed by atoms with E-state index in [1.807, 2.05) is 24.3 Å². The number of anilines is 1. The van der Waals surface area contributed by atoms with Crippen LogP contribution in [0.5, 0.6) is 0 Å². The Hall–Kier alpha value is -1.86. The quantitative estimate of drug-likeness (QED) is 0.502. The first-order valence-electron chi connectivity index (χ1n) is 4.87. The zero-order valence-corrected chi connectivity index (χ0v) is 9.39. The van der Waals surface area contributed by atoms with Crippen LogP contribution in [-0.4, -0.2) is 0 Å². The zero-order valence-electron chi connectivity index (χ0n) is 9.39. The van der Waals surface area contributed by atoms with E-state index in [2.05, 4.69) is 44.5 Å². The lowest BCUT2D eigenvalue weighted by Gasteiger charge is -2.05. The van der Waals surface area contributed by atoms with Gasteiger partial charge >= 0.3 is 0 Å².